The summed E-state index contributed by atoms with van der Waals surface area (Å²) >= 11 is 14.7. The number of carbonyl (C=O) groups is 1. The van der Waals surface area contributed by atoms with Gasteiger partial charge in [0, 0.05) is 11.8 Å². The summed E-state index contributed by atoms with van der Waals surface area (Å²) in [4.78, 5) is 11.6. The summed E-state index contributed by atoms with van der Waals surface area (Å²) in [5.41, 5.74) is 0.535. The lowest BCUT2D eigenvalue weighted by Crippen LogP contribution is -2.18. The summed E-state index contributed by atoms with van der Waals surface area (Å²) in [6.45, 7) is 0. The Labute approximate surface area is 121 Å². The van der Waals surface area contributed by atoms with Crippen molar-refractivity contribution < 1.29 is 9.21 Å². The summed E-state index contributed by atoms with van der Waals surface area (Å²) in [5, 5.41) is 5.92. The van der Waals surface area contributed by atoms with Gasteiger partial charge >= 0.3 is 6.03 Å². The molecule has 94 valence electrons. The van der Waals surface area contributed by atoms with Gasteiger partial charge in [0.2, 0.25) is 5.88 Å². The number of hydrogen-bond donors (Lipinski definition) is 2. The molecule has 1 aromatic carbocycles. The van der Waals surface area contributed by atoms with Gasteiger partial charge in [0.15, 0.2) is 4.67 Å². The number of benzene rings is 1. The van der Waals surface area contributed by atoms with E-state index >= 15 is 0 Å². The van der Waals surface area contributed by atoms with Crippen molar-refractivity contribution in [2.75, 3.05) is 10.6 Å². The minimum absolute atomic E-state index is 0.333. The molecule has 0 aliphatic heterocycles. The van der Waals surface area contributed by atoms with Gasteiger partial charge in [-0.05, 0) is 40.2 Å². The minimum atomic E-state index is -0.435. The largest absolute Gasteiger partial charge is 0.434 e. The summed E-state index contributed by atoms with van der Waals surface area (Å²) < 4.78 is 5.67. The van der Waals surface area contributed by atoms with Crippen LogP contribution < -0.4 is 10.6 Å². The van der Waals surface area contributed by atoms with Crippen molar-refractivity contribution in [2.45, 2.75) is 0 Å². The van der Waals surface area contributed by atoms with Crippen LogP contribution in [0, 0.1) is 0 Å². The molecule has 2 N–H and O–H groups in total. The molecule has 7 heteroatoms. The molecule has 0 aliphatic rings. The molecule has 0 unspecified atom stereocenters. The second kappa shape index (κ2) is 5.65. The van der Waals surface area contributed by atoms with Crippen molar-refractivity contribution in [2.24, 2.45) is 0 Å². The predicted molar refractivity (Wildman–Crippen MR) is 75.5 cm³/mol. The Morgan fingerprint density at radius 3 is 2.50 bits per heavy atom. The zero-order valence-corrected chi connectivity index (χ0v) is 11.9. The number of rotatable bonds is 2. The summed E-state index contributed by atoms with van der Waals surface area (Å²) in [6, 6.07) is 7.67. The molecule has 4 nitrogen and oxygen atoms in total. The topological polar surface area (TPSA) is 54.3 Å². The molecule has 18 heavy (non-hydrogen) atoms. The summed E-state index contributed by atoms with van der Waals surface area (Å²) in [7, 11) is 0. The fourth-order valence-corrected chi connectivity index (χ4v) is 1.83. The number of hydrogen-bond acceptors (Lipinski definition) is 2. The van der Waals surface area contributed by atoms with Crippen LogP contribution in [-0.4, -0.2) is 6.03 Å². The average molecular weight is 350 g/mol. The molecule has 0 bridgehead atoms. The molecule has 1 aromatic heterocycles. The normalized spacial score (nSPS) is 10.2. The van der Waals surface area contributed by atoms with Gasteiger partial charge < -0.3 is 9.73 Å². The number of anilines is 2. The van der Waals surface area contributed by atoms with Crippen molar-refractivity contribution >= 4 is 56.7 Å². The van der Waals surface area contributed by atoms with Crippen molar-refractivity contribution in [1.82, 2.24) is 0 Å². The lowest BCUT2D eigenvalue weighted by Gasteiger charge is -2.06. The third kappa shape index (κ3) is 3.41. The molecule has 0 saturated carbocycles. The Morgan fingerprint density at radius 2 is 1.89 bits per heavy atom. The fourth-order valence-electron chi connectivity index (χ4n) is 1.23. The molecule has 0 fully saturated rings. The highest BCUT2D eigenvalue weighted by atomic mass is 79.9. The highest BCUT2D eigenvalue weighted by molar-refractivity contribution is 9.10. The zero-order valence-electron chi connectivity index (χ0n) is 8.84. The number of urea groups is 1. The monoisotopic (exact) mass is 348 g/mol. The van der Waals surface area contributed by atoms with Crippen LogP contribution in [0.1, 0.15) is 0 Å². The number of halogens is 3. The van der Waals surface area contributed by atoms with E-state index < -0.39 is 6.03 Å². The number of amides is 2. The van der Waals surface area contributed by atoms with Gasteiger partial charge in [-0.3, -0.25) is 5.32 Å². The van der Waals surface area contributed by atoms with E-state index in [-0.39, 0.29) is 0 Å². The Morgan fingerprint density at radius 1 is 1.11 bits per heavy atom. The lowest BCUT2D eigenvalue weighted by atomic mass is 10.3. The number of furan rings is 1. The van der Waals surface area contributed by atoms with Crippen LogP contribution in [0.15, 0.2) is 39.4 Å². The fraction of sp³-hybridized carbons (Fsp3) is 0. The van der Waals surface area contributed by atoms with E-state index in [0.717, 1.165) is 0 Å². The first-order valence-corrected chi connectivity index (χ1v) is 6.38. The van der Waals surface area contributed by atoms with Crippen molar-refractivity contribution in [3.8, 4) is 0 Å². The van der Waals surface area contributed by atoms with E-state index in [1.54, 1.807) is 30.3 Å². The van der Waals surface area contributed by atoms with Gasteiger partial charge in [0.25, 0.3) is 0 Å². The first-order valence-electron chi connectivity index (χ1n) is 4.83. The Hall–Kier alpha value is -1.17. The molecular formula is C11H7BrCl2N2O2. The molecule has 2 amide bonds. The maximum absolute atomic E-state index is 11.6. The van der Waals surface area contributed by atoms with E-state index in [0.29, 0.717) is 26.3 Å². The second-order valence-electron chi connectivity index (χ2n) is 3.31. The van der Waals surface area contributed by atoms with Crippen LogP contribution in [0.4, 0.5) is 16.4 Å². The molecule has 0 radical (unpaired) electrons. The van der Waals surface area contributed by atoms with Gasteiger partial charge in [-0.2, -0.15) is 0 Å². The van der Waals surface area contributed by atoms with Gasteiger partial charge in [-0.1, -0.05) is 23.2 Å². The maximum atomic E-state index is 11.6. The van der Waals surface area contributed by atoms with Gasteiger partial charge in [0.05, 0.1) is 10.0 Å². The first kappa shape index (κ1) is 13.3. The number of carbonyl (C=O) groups excluding carboxylic acids is 1. The molecule has 0 aliphatic carbocycles. The third-order valence-electron chi connectivity index (χ3n) is 1.99. The third-order valence-corrected chi connectivity index (χ3v) is 3.15. The van der Waals surface area contributed by atoms with Crippen LogP contribution in [0.5, 0.6) is 0 Å². The van der Waals surface area contributed by atoms with Crippen molar-refractivity contribution in [1.29, 1.82) is 0 Å². The Bertz CT molecular complexity index is 586. The van der Waals surface area contributed by atoms with Gasteiger partial charge in [-0.15, -0.1) is 0 Å². The predicted octanol–water partition coefficient (Wildman–Crippen LogP) is 4.99. The van der Waals surface area contributed by atoms with Crippen molar-refractivity contribution in [3.05, 3.63) is 45.0 Å². The average Bonchev–Trinajstić information content (AvgIpc) is 2.69. The quantitative estimate of drug-likeness (QED) is 0.802. The molecule has 2 aromatic rings. The van der Waals surface area contributed by atoms with E-state index in [2.05, 4.69) is 26.6 Å². The maximum Gasteiger partial charge on any atom is 0.326 e. The van der Waals surface area contributed by atoms with E-state index in [9.17, 15) is 4.79 Å². The van der Waals surface area contributed by atoms with E-state index in [1.807, 2.05) is 0 Å². The molecule has 2 rings (SSSR count). The SMILES string of the molecule is O=C(Nc1ccc(Cl)c(Cl)c1)Nc1ccc(Br)o1. The zero-order chi connectivity index (χ0) is 13.1. The van der Waals surface area contributed by atoms with E-state index in [1.165, 1.54) is 0 Å². The van der Waals surface area contributed by atoms with Gasteiger partial charge in [-0.25, -0.2) is 4.79 Å². The second-order valence-corrected chi connectivity index (χ2v) is 4.91. The Kier molecular flexibility index (Phi) is 4.16. The molecule has 0 saturated heterocycles. The first-order chi connectivity index (χ1) is 8.54. The van der Waals surface area contributed by atoms with Crippen LogP contribution >= 0.6 is 39.1 Å². The van der Waals surface area contributed by atoms with Crippen molar-refractivity contribution in [3.63, 3.8) is 0 Å². The summed E-state index contributed by atoms with van der Waals surface area (Å²) in [6.07, 6.45) is 0. The highest BCUT2D eigenvalue weighted by Crippen LogP contribution is 2.25. The van der Waals surface area contributed by atoms with Crippen LogP contribution in [-0.2, 0) is 0 Å². The molecule has 0 atom stereocenters. The van der Waals surface area contributed by atoms with Crippen LogP contribution in [0.2, 0.25) is 10.0 Å². The smallest absolute Gasteiger partial charge is 0.326 e. The van der Waals surface area contributed by atoms with E-state index in [4.69, 9.17) is 27.6 Å². The Balaban J connectivity index is 2.00. The van der Waals surface area contributed by atoms with Crippen LogP contribution in [0.3, 0.4) is 0 Å². The summed E-state index contributed by atoms with van der Waals surface area (Å²) in [5.74, 6) is 0.333. The minimum Gasteiger partial charge on any atom is -0.434 e. The lowest BCUT2D eigenvalue weighted by molar-refractivity contribution is 0.261. The molecular weight excluding hydrogens is 343 g/mol. The standard InChI is InChI=1S/C11H7BrCl2N2O2/c12-9-3-4-10(18-9)16-11(17)15-6-1-2-7(13)8(14)5-6/h1-5H,(H2,15,16,17). The van der Waals surface area contributed by atoms with Gasteiger partial charge in [0.1, 0.15) is 0 Å². The number of nitrogens with one attached hydrogen (secondary N) is 2. The molecule has 1 heterocycles. The highest BCUT2D eigenvalue weighted by Gasteiger charge is 2.07. The van der Waals surface area contributed by atoms with Crippen LogP contribution in [0.25, 0.3) is 0 Å². The molecule has 0 spiro atoms.